The van der Waals surface area contributed by atoms with E-state index in [-0.39, 0.29) is 11.3 Å². The number of halogens is 3. The number of hydrogen-bond acceptors (Lipinski definition) is 2. The molecular weight excluding hydrogens is 270 g/mol. The molecule has 0 unspecified atom stereocenters. The molecule has 2 aromatic carbocycles. The van der Waals surface area contributed by atoms with Gasteiger partial charge in [0.15, 0.2) is 11.6 Å². The molecule has 0 spiro atoms. The summed E-state index contributed by atoms with van der Waals surface area (Å²) in [6.45, 7) is 1.80. The summed E-state index contributed by atoms with van der Waals surface area (Å²) in [5, 5.41) is 11.9. The summed E-state index contributed by atoms with van der Waals surface area (Å²) < 4.78 is 27.2. The van der Waals surface area contributed by atoms with Crippen molar-refractivity contribution in [2.24, 2.45) is 0 Å². The second-order valence-corrected chi connectivity index (χ2v) is 4.42. The SMILES string of the molecule is Cc1cc(Cl)ccc1Nc1ccc(C#N)c(F)c1F. The average molecular weight is 279 g/mol. The van der Waals surface area contributed by atoms with Crippen LogP contribution in [-0.2, 0) is 0 Å². The van der Waals surface area contributed by atoms with Crippen LogP contribution in [0, 0.1) is 29.9 Å². The summed E-state index contributed by atoms with van der Waals surface area (Å²) in [7, 11) is 0. The first-order valence-electron chi connectivity index (χ1n) is 5.44. The summed E-state index contributed by atoms with van der Waals surface area (Å²) in [6, 6.07) is 9.17. The third-order valence-corrected chi connectivity index (χ3v) is 2.90. The lowest BCUT2D eigenvalue weighted by atomic mass is 10.1. The number of nitrogens with one attached hydrogen (secondary N) is 1. The van der Waals surface area contributed by atoms with E-state index in [0.29, 0.717) is 10.7 Å². The Morgan fingerprint density at radius 2 is 1.79 bits per heavy atom. The van der Waals surface area contributed by atoms with Crippen molar-refractivity contribution in [2.75, 3.05) is 5.32 Å². The molecule has 0 heterocycles. The second kappa shape index (κ2) is 5.25. The van der Waals surface area contributed by atoms with E-state index in [1.54, 1.807) is 31.2 Å². The standard InChI is InChI=1S/C14H9ClF2N2/c1-8-6-10(15)3-5-11(8)19-12-4-2-9(7-18)13(16)14(12)17/h2-6,19H,1H3. The van der Waals surface area contributed by atoms with Crippen LogP contribution in [0.4, 0.5) is 20.2 Å². The van der Waals surface area contributed by atoms with E-state index < -0.39 is 11.6 Å². The molecule has 0 saturated carbocycles. The van der Waals surface area contributed by atoms with Gasteiger partial charge in [0.25, 0.3) is 0 Å². The van der Waals surface area contributed by atoms with Crippen LogP contribution in [0.1, 0.15) is 11.1 Å². The first kappa shape index (κ1) is 13.3. The molecule has 0 bridgehead atoms. The summed E-state index contributed by atoms with van der Waals surface area (Å²) in [5.41, 5.74) is 1.07. The third-order valence-electron chi connectivity index (χ3n) is 2.66. The zero-order valence-electron chi connectivity index (χ0n) is 9.97. The molecule has 96 valence electrons. The zero-order valence-corrected chi connectivity index (χ0v) is 10.7. The molecule has 0 fully saturated rings. The summed E-state index contributed by atoms with van der Waals surface area (Å²) in [5.74, 6) is -2.23. The quantitative estimate of drug-likeness (QED) is 0.875. The smallest absolute Gasteiger partial charge is 0.183 e. The lowest BCUT2D eigenvalue weighted by Gasteiger charge is -2.11. The van der Waals surface area contributed by atoms with Crippen LogP contribution in [0.25, 0.3) is 0 Å². The monoisotopic (exact) mass is 278 g/mol. The van der Waals surface area contributed by atoms with Crippen molar-refractivity contribution < 1.29 is 8.78 Å². The third kappa shape index (κ3) is 2.67. The highest BCUT2D eigenvalue weighted by molar-refractivity contribution is 6.30. The molecule has 2 aromatic rings. The Balaban J connectivity index is 2.39. The van der Waals surface area contributed by atoms with E-state index >= 15 is 0 Å². The van der Waals surface area contributed by atoms with Crippen molar-refractivity contribution in [3.05, 3.63) is 58.1 Å². The minimum atomic E-state index is -1.15. The normalized spacial score (nSPS) is 10.1. The number of benzene rings is 2. The van der Waals surface area contributed by atoms with Crippen LogP contribution in [-0.4, -0.2) is 0 Å². The molecular formula is C14H9ClF2N2. The number of hydrogen-bond donors (Lipinski definition) is 1. The minimum Gasteiger partial charge on any atom is -0.353 e. The van der Waals surface area contributed by atoms with Crippen molar-refractivity contribution >= 4 is 23.0 Å². The molecule has 19 heavy (non-hydrogen) atoms. The van der Waals surface area contributed by atoms with Crippen LogP contribution in [0.15, 0.2) is 30.3 Å². The van der Waals surface area contributed by atoms with Crippen LogP contribution in [0.5, 0.6) is 0 Å². The van der Waals surface area contributed by atoms with E-state index in [2.05, 4.69) is 5.32 Å². The van der Waals surface area contributed by atoms with Gasteiger partial charge in [0.2, 0.25) is 0 Å². The number of nitriles is 1. The van der Waals surface area contributed by atoms with Gasteiger partial charge < -0.3 is 5.32 Å². The van der Waals surface area contributed by atoms with Gasteiger partial charge in [0.05, 0.1) is 11.3 Å². The Bertz CT molecular complexity index is 678. The van der Waals surface area contributed by atoms with Gasteiger partial charge in [-0.2, -0.15) is 5.26 Å². The van der Waals surface area contributed by atoms with Gasteiger partial charge in [-0.1, -0.05) is 11.6 Å². The number of rotatable bonds is 2. The molecule has 2 nitrogen and oxygen atoms in total. The lowest BCUT2D eigenvalue weighted by Crippen LogP contribution is -1.99. The van der Waals surface area contributed by atoms with Crippen molar-refractivity contribution in [3.8, 4) is 6.07 Å². The second-order valence-electron chi connectivity index (χ2n) is 3.98. The highest BCUT2D eigenvalue weighted by Gasteiger charge is 2.13. The number of aryl methyl sites for hydroxylation is 1. The Kier molecular flexibility index (Phi) is 3.68. The van der Waals surface area contributed by atoms with E-state index in [0.717, 1.165) is 5.56 Å². The molecule has 0 aliphatic heterocycles. The topological polar surface area (TPSA) is 35.8 Å². The molecule has 0 aliphatic carbocycles. The molecule has 0 radical (unpaired) electrons. The van der Waals surface area contributed by atoms with Crippen LogP contribution < -0.4 is 5.32 Å². The fourth-order valence-electron chi connectivity index (χ4n) is 1.64. The molecule has 0 amide bonds. The van der Waals surface area contributed by atoms with Crippen molar-refractivity contribution in [1.82, 2.24) is 0 Å². The van der Waals surface area contributed by atoms with Gasteiger partial charge in [0.1, 0.15) is 6.07 Å². The molecule has 1 N–H and O–H groups in total. The maximum absolute atomic E-state index is 13.7. The first-order valence-corrected chi connectivity index (χ1v) is 5.82. The molecule has 5 heteroatoms. The summed E-state index contributed by atoms with van der Waals surface area (Å²) in [4.78, 5) is 0. The zero-order chi connectivity index (χ0) is 14.0. The maximum atomic E-state index is 13.7. The Morgan fingerprint density at radius 1 is 1.11 bits per heavy atom. The van der Waals surface area contributed by atoms with Crippen molar-refractivity contribution in [3.63, 3.8) is 0 Å². The largest absolute Gasteiger partial charge is 0.353 e. The van der Waals surface area contributed by atoms with E-state index in [4.69, 9.17) is 16.9 Å². The van der Waals surface area contributed by atoms with Gasteiger partial charge >= 0.3 is 0 Å². The minimum absolute atomic E-state index is 0.0260. The lowest BCUT2D eigenvalue weighted by molar-refractivity contribution is 0.509. The number of anilines is 2. The Morgan fingerprint density at radius 3 is 2.42 bits per heavy atom. The fraction of sp³-hybridized carbons (Fsp3) is 0.0714. The molecule has 0 aromatic heterocycles. The average Bonchev–Trinajstić information content (AvgIpc) is 2.38. The van der Waals surface area contributed by atoms with E-state index in [1.165, 1.54) is 12.1 Å². The fourth-order valence-corrected chi connectivity index (χ4v) is 1.87. The van der Waals surface area contributed by atoms with Gasteiger partial charge in [-0.05, 0) is 42.8 Å². The van der Waals surface area contributed by atoms with Crippen LogP contribution in [0.3, 0.4) is 0 Å². The highest BCUT2D eigenvalue weighted by atomic mass is 35.5. The summed E-state index contributed by atoms with van der Waals surface area (Å²) in [6.07, 6.45) is 0. The number of nitrogens with zero attached hydrogens (tertiary/aromatic N) is 1. The highest BCUT2D eigenvalue weighted by Crippen LogP contribution is 2.27. The van der Waals surface area contributed by atoms with Gasteiger partial charge in [0, 0.05) is 10.7 Å². The predicted molar refractivity (Wildman–Crippen MR) is 70.5 cm³/mol. The first-order chi connectivity index (χ1) is 9.02. The Hall–Kier alpha value is -2.12. The molecule has 0 aliphatic rings. The van der Waals surface area contributed by atoms with E-state index in [9.17, 15) is 8.78 Å². The van der Waals surface area contributed by atoms with Gasteiger partial charge in [-0.15, -0.1) is 0 Å². The maximum Gasteiger partial charge on any atom is 0.183 e. The predicted octanol–water partition coefficient (Wildman–Crippen LogP) is 4.54. The van der Waals surface area contributed by atoms with E-state index in [1.807, 2.05) is 0 Å². The van der Waals surface area contributed by atoms with Crippen molar-refractivity contribution in [2.45, 2.75) is 6.92 Å². The van der Waals surface area contributed by atoms with Crippen LogP contribution >= 0.6 is 11.6 Å². The summed E-state index contributed by atoms with van der Waals surface area (Å²) >= 11 is 5.82. The molecule has 2 rings (SSSR count). The van der Waals surface area contributed by atoms with Crippen LogP contribution in [0.2, 0.25) is 5.02 Å². The van der Waals surface area contributed by atoms with Crippen molar-refractivity contribution in [1.29, 1.82) is 5.26 Å². The van der Waals surface area contributed by atoms with Gasteiger partial charge in [-0.25, -0.2) is 8.78 Å². The molecule has 0 saturated heterocycles. The Labute approximate surface area is 114 Å². The van der Waals surface area contributed by atoms with Gasteiger partial charge in [-0.3, -0.25) is 0 Å². The molecule has 0 atom stereocenters.